The second-order valence-electron chi connectivity index (χ2n) is 5.03. The molecule has 0 unspecified atom stereocenters. The summed E-state index contributed by atoms with van der Waals surface area (Å²) in [6.45, 7) is 1.44. The van der Waals surface area contributed by atoms with Crippen molar-refractivity contribution in [2.24, 2.45) is 0 Å². The number of carbonyl (C=O) groups excluding carboxylic acids is 1. The molecule has 4 nitrogen and oxygen atoms in total. The maximum atomic E-state index is 13.8. The fraction of sp³-hybridized carbons (Fsp3) is 0.0625. The van der Waals surface area contributed by atoms with E-state index in [1.165, 1.54) is 31.2 Å². The van der Waals surface area contributed by atoms with Gasteiger partial charge in [-0.2, -0.15) is 0 Å². The van der Waals surface area contributed by atoms with Crippen LogP contribution in [-0.4, -0.2) is 14.2 Å². The van der Waals surface area contributed by atoms with E-state index >= 15 is 0 Å². The topological polar surface area (TPSA) is 63.2 Å². The predicted molar refractivity (Wildman–Crippen MR) is 88.4 cm³/mol. The number of hydrogen-bond acceptors (Lipinski definition) is 4. The van der Waals surface area contributed by atoms with Crippen molar-refractivity contribution in [3.8, 4) is 0 Å². The summed E-state index contributed by atoms with van der Waals surface area (Å²) in [5, 5.41) is 2.69. The number of ketones is 1. The molecule has 118 valence electrons. The molecule has 0 amide bonds. The van der Waals surface area contributed by atoms with Crippen molar-refractivity contribution >= 4 is 37.2 Å². The average Bonchev–Trinajstić information content (AvgIpc) is 2.48. The van der Waals surface area contributed by atoms with Gasteiger partial charge < -0.3 is 5.32 Å². The molecule has 0 spiro atoms. The summed E-state index contributed by atoms with van der Waals surface area (Å²) >= 11 is 3.26. The van der Waals surface area contributed by atoms with E-state index in [0.717, 1.165) is 10.5 Å². The van der Waals surface area contributed by atoms with E-state index in [-0.39, 0.29) is 26.7 Å². The van der Waals surface area contributed by atoms with Gasteiger partial charge in [-0.05, 0) is 43.3 Å². The SMILES string of the molecule is CC1=C(C(=O)c2ccc(Br)cc2)S(=O)(=O)c2cccc(F)c2N1. The van der Waals surface area contributed by atoms with E-state index in [1.807, 2.05) is 0 Å². The van der Waals surface area contributed by atoms with Gasteiger partial charge in [0.1, 0.15) is 10.7 Å². The van der Waals surface area contributed by atoms with Crippen LogP contribution in [0.15, 0.2) is 62.4 Å². The molecule has 1 aliphatic heterocycles. The highest BCUT2D eigenvalue weighted by Gasteiger charge is 2.36. The van der Waals surface area contributed by atoms with Crippen molar-refractivity contribution in [1.29, 1.82) is 0 Å². The first-order valence-corrected chi connectivity index (χ1v) is 8.92. The third-order valence-corrected chi connectivity index (χ3v) is 5.98. The number of allylic oxidation sites excluding steroid dienone is 2. The zero-order valence-corrected chi connectivity index (χ0v) is 14.3. The number of carbonyl (C=O) groups is 1. The van der Waals surface area contributed by atoms with Gasteiger partial charge in [0, 0.05) is 15.7 Å². The van der Waals surface area contributed by atoms with Gasteiger partial charge in [-0.3, -0.25) is 4.79 Å². The van der Waals surface area contributed by atoms with E-state index in [4.69, 9.17) is 0 Å². The third-order valence-electron chi connectivity index (χ3n) is 3.50. The highest BCUT2D eigenvalue weighted by atomic mass is 79.9. The molecule has 0 atom stereocenters. The minimum atomic E-state index is -4.10. The monoisotopic (exact) mass is 395 g/mol. The Balaban J connectivity index is 2.17. The summed E-state index contributed by atoms with van der Waals surface area (Å²) in [5.41, 5.74) is 0.223. The fourth-order valence-electron chi connectivity index (χ4n) is 2.43. The lowest BCUT2D eigenvalue weighted by Gasteiger charge is -2.22. The molecule has 0 fully saturated rings. The molecule has 7 heteroatoms. The lowest BCUT2D eigenvalue weighted by molar-refractivity contribution is 0.104. The molecular weight excluding hydrogens is 385 g/mol. The minimum Gasteiger partial charge on any atom is -0.354 e. The van der Waals surface area contributed by atoms with Crippen LogP contribution in [0.1, 0.15) is 17.3 Å². The molecule has 0 saturated heterocycles. The third kappa shape index (κ3) is 2.60. The summed E-state index contributed by atoms with van der Waals surface area (Å²) < 4.78 is 40.1. The Morgan fingerprint density at radius 3 is 2.43 bits per heavy atom. The van der Waals surface area contributed by atoms with Gasteiger partial charge in [-0.1, -0.05) is 22.0 Å². The van der Waals surface area contributed by atoms with Crippen LogP contribution in [0.4, 0.5) is 10.1 Å². The number of nitrogens with one attached hydrogen (secondary N) is 1. The van der Waals surface area contributed by atoms with Gasteiger partial charge in [-0.25, -0.2) is 12.8 Å². The van der Waals surface area contributed by atoms with Gasteiger partial charge >= 0.3 is 0 Å². The van der Waals surface area contributed by atoms with Crippen LogP contribution in [0.5, 0.6) is 0 Å². The van der Waals surface area contributed by atoms with Gasteiger partial charge in [0.2, 0.25) is 15.6 Å². The van der Waals surface area contributed by atoms with Gasteiger partial charge in [0.05, 0.1) is 10.6 Å². The lowest BCUT2D eigenvalue weighted by atomic mass is 10.1. The molecule has 1 heterocycles. The number of hydrogen-bond donors (Lipinski definition) is 1. The van der Waals surface area contributed by atoms with Crippen molar-refractivity contribution in [3.63, 3.8) is 0 Å². The summed E-state index contributed by atoms with van der Waals surface area (Å²) in [6, 6.07) is 10.1. The smallest absolute Gasteiger partial charge is 0.214 e. The number of benzene rings is 2. The molecule has 1 aliphatic rings. The summed E-state index contributed by atoms with van der Waals surface area (Å²) in [6.07, 6.45) is 0. The molecule has 2 aromatic rings. The number of fused-ring (bicyclic) bond motifs is 1. The molecule has 1 N–H and O–H groups in total. The standard InChI is InChI=1S/C16H11BrFNO3S/c1-9-16(15(20)10-5-7-11(17)8-6-10)23(21,22)13-4-2-3-12(18)14(13)19-9/h2-8,19H,1H3. The van der Waals surface area contributed by atoms with Crippen molar-refractivity contribution in [3.05, 3.63) is 68.9 Å². The minimum absolute atomic E-state index is 0.107. The second-order valence-corrected chi connectivity index (χ2v) is 7.80. The average molecular weight is 396 g/mol. The van der Waals surface area contributed by atoms with E-state index < -0.39 is 21.4 Å². The predicted octanol–water partition coefficient (Wildman–Crippen LogP) is 3.90. The Labute approximate surface area is 141 Å². The first-order chi connectivity index (χ1) is 10.8. The van der Waals surface area contributed by atoms with Crippen LogP contribution in [0.25, 0.3) is 0 Å². The van der Waals surface area contributed by atoms with Crippen LogP contribution in [-0.2, 0) is 9.84 Å². The number of sulfone groups is 1. The van der Waals surface area contributed by atoms with Crippen LogP contribution in [0.3, 0.4) is 0 Å². The molecule has 0 radical (unpaired) electrons. The fourth-order valence-corrected chi connectivity index (χ4v) is 4.41. The largest absolute Gasteiger partial charge is 0.354 e. The Bertz CT molecular complexity index is 950. The Morgan fingerprint density at radius 1 is 1.13 bits per heavy atom. The lowest BCUT2D eigenvalue weighted by Crippen LogP contribution is -2.24. The summed E-state index contributed by atoms with van der Waals surface area (Å²) in [4.78, 5) is 12.0. The molecule has 0 bridgehead atoms. The molecule has 0 aromatic heterocycles. The molecule has 3 rings (SSSR count). The molecular formula is C16H11BrFNO3S. The van der Waals surface area contributed by atoms with Crippen molar-refractivity contribution in [2.45, 2.75) is 11.8 Å². The number of Topliss-reactive ketones (excluding diaryl/α,β-unsaturated/α-hetero) is 1. The van der Waals surface area contributed by atoms with E-state index in [1.54, 1.807) is 12.1 Å². The Hall–Kier alpha value is -1.99. The molecule has 23 heavy (non-hydrogen) atoms. The van der Waals surface area contributed by atoms with E-state index in [9.17, 15) is 17.6 Å². The van der Waals surface area contributed by atoms with Crippen LogP contribution in [0.2, 0.25) is 0 Å². The summed E-state index contributed by atoms with van der Waals surface area (Å²) in [7, 11) is -4.10. The zero-order valence-electron chi connectivity index (χ0n) is 11.9. The Kier molecular flexibility index (Phi) is 3.85. The molecule has 0 saturated carbocycles. The van der Waals surface area contributed by atoms with E-state index in [2.05, 4.69) is 21.2 Å². The van der Waals surface area contributed by atoms with Crippen molar-refractivity contribution in [2.75, 3.05) is 5.32 Å². The van der Waals surface area contributed by atoms with Gasteiger partial charge in [0.25, 0.3) is 0 Å². The van der Waals surface area contributed by atoms with Crippen LogP contribution >= 0.6 is 15.9 Å². The van der Waals surface area contributed by atoms with Crippen molar-refractivity contribution in [1.82, 2.24) is 0 Å². The van der Waals surface area contributed by atoms with Crippen LogP contribution in [0, 0.1) is 5.82 Å². The molecule has 0 aliphatic carbocycles. The summed E-state index contributed by atoms with van der Waals surface area (Å²) in [5.74, 6) is -1.31. The first kappa shape index (κ1) is 15.9. The highest BCUT2D eigenvalue weighted by Crippen LogP contribution is 2.37. The highest BCUT2D eigenvalue weighted by molar-refractivity contribution is 9.10. The van der Waals surface area contributed by atoms with Crippen LogP contribution < -0.4 is 5.32 Å². The maximum absolute atomic E-state index is 13.8. The zero-order chi connectivity index (χ0) is 16.8. The van der Waals surface area contributed by atoms with Gasteiger partial charge in [-0.15, -0.1) is 0 Å². The first-order valence-electron chi connectivity index (χ1n) is 6.64. The van der Waals surface area contributed by atoms with E-state index in [0.29, 0.717) is 0 Å². The quantitative estimate of drug-likeness (QED) is 0.783. The second kappa shape index (κ2) is 5.58. The number of rotatable bonds is 2. The molecule has 2 aromatic carbocycles. The van der Waals surface area contributed by atoms with Gasteiger partial charge in [0.15, 0.2) is 0 Å². The Morgan fingerprint density at radius 2 is 1.78 bits per heavy atom. The normalized spacial score (nSPS) is 15.8. The number of halogens is 2. The maximum Gasteiger partial charge on any atom is 0.214 e. The van der Waals surface area contributed by atoms with Crippen molar-refractivity contribution < 1.29 is 17.6 Å². The number of anilines is 1. The number of para-hydroxylation sites is 1.